The van der Waals surface area contributed by atoms with Gasteiger partial charge in [-0.1, -0.05) is 6.07 Å². The number of Topliss-reactive ketones (excluding diaryl/α,β-unsaturated/α-hetero) is 1. The van der Waals surface area contributed by atoms with E-state index >= 15 is 0 Å². The maximum absolute atomic E-state index is 13.1. The Morgan fingerprint density at radius 1 is 1.30 bits per heavy atom. The van der Waals surface area contributed by atoms with Crippen LogP contribution in [0.25, 0.3) is 11.0 Å². The minimum atomic E-state index is -4.59. The van der Waals surface area contributed by atoms with Gasteiger partial charge in [-0.05, 0) is 37.0 Å². The number of alkyl halides is 4. The molecule has 0 saturated carbocycles. The Morgan fingerprint density at radius 3 is 2.97 bits per heavy atom. The number of aromatic amines is 1. The van der Waals surface area contributed by atoms with E-state index in [2.05, 4.69) is 29.9 Å². The molecule has 2 N–H and O–H groups in total. The number of nitrogens with one attached hydrogen (secondary N) is 2. The molecule has 0 amide bonds. The van der Waals surface area contributed by atoms with Crippen LogP contribution >= 0.6 is 0 Å². The van der Waals surface area contributed by atoms with Crippen molar-refractivity contribution in [2.75, 3.05) is 29.9 Å². The molecule has 1 aliphatic heterocycles. The fraction of sp³-hybridized carbons (Fsp3) is 0.409. The third-order valence-corrected chi connectivity index (χ3v) is 5.50. The molecule has 176 valence electrons. The molecule has 0 aliphatic carbocycles. The maximum Gasteiger partial charge on any atom is 0.461 e. The summed E-state index contributed by atoms with van der Waals surface area (Å²) in [7, 11) is 0. The molecule has 3 aromatic rings. The largest absolute Gasteiger partial charge is 0.461 e. The Bertz CT molecular complexity index is 1110. The Labute approximate surface area is 187 Å². The van der Waals surface area contributed by atoms with Crippen LogP contribution in [0.1, 0.15) is 19.3 Å². The predicted molar refractivity (Wildman–Crippen MR) is 115 cm³/mol. The van der Waals surface area contributed by atoms with Gasteiger partial charge < -0.3 is 19.9 Å². The molecule has 0 unspecified atom stereocenters. The molecular formula is C22H23F4N5O2. The van der Waals surface area contributed by atoms with Crippen LogP contribution in [0.3, 0.4) is 0 Å². The highest BCUT2D eigenvalue weighted by atomic mass is 19.3. The van der Waals surface area contributed by atoms with Crippen molar-refractivity contribution in [2.24, 2.45) is 5.92 Å². The summed E-state index contributed by atoms with van der Waals surface area (Å²) in [6, 6.07) is 7.16. The molecule has 1 atom stereocenters. The second-order valence-electron chi connectivity index (χ2n) is 7.98. The van der Waals surface area contributed by atoms with Crippen LogP contribution in [0.2, 0.25) is 0 Å². The molecule has 1 saturated heterocycles. The van der Waals surface area contributed by atoms with Gasteiger partial charge in [0.2, 0.25) is 0 Å². The fourth-order valence-corrected chi connectivity index (χ4v) is 4.00. The molecule has 1 aromatic carbocycles. The van der Waals surface area contributed by atoms with Gasteiger partial charge in [-0.15, -0.1) is 0 Å². The third-order valence-electron chi connectivity index (χ3n) is 5.50. The summed E-state index contributed by atoms with van der Waals surface area (Å²) in [5, 5.41) is 3.79. The van der Waals surface area contributed by atoms with Crippen LogP contribution in [0.4, 0.5) is 29.1 Å². The van der Waals surface area contributed by atoms with Gasteiger partial charge >= 0.3 is 12.5 Å². The van der Waals surface area contributed by atoms with Crippen molar-refractivity contribution in [3.8, 4) is 5.75 Å². The van der Waals surface area contributed by atoms with E-state index in [-0.39, 0.29) is 18.2 Å². The van der Waals surface area contributed by atoms with Crippen molar-refractivity contribution in [3.05, 3.63) is 42.9 Å². The molecule has 0 radical (unpaired) electrons. The van der Waals surface area contributed by atoms with E-state index in [1.165, 1.54) is 12.4 Å². The van der Waals surface area contributed by atoms with Crippen LogP contribution in [0, 0.1) is 5.92 Å². The van der Waals surface area contributed by atoms with Crippen LogP contribution in [0.5, 0.6) is 5.75 Å². The first-order valence-electron chi connectivity index (χ1n) is 10.6. The predicted octanol–water partition coefficient (Wildman–Crippen LogP) is 4.48. The number of H-pyrrole nitrogens is 1. The minimum Gasteiger partial charge on any atom is -0.428 e. The summed E-state index contributed by atoms with van der Waals surface area (Å²) < 4.78 is 54.9. The molecule has 4 rings (SSSR count). The van der Waals surface area contributed by atoms with Crippen molar-refractivity contribution >= 4 is 28.3 Å². The normalized spacial score (nSPS) is 16.9. The lowest BCUT2D eigenvalue weighted by molar-refractivity contribution is -0.253. The summed E-state index contributed by atoms with van der Waals surface area (Å²) in [5.74, 6) is 0.535. The first-order chi connectivity index (χ1) is 15.8. The summed E-state index contributed by atoms with van der Waals surface area (Å²) >= 11 is 0. The van der Waals surface area contributed by atoms with Crippen molar-refractivity contribution in [1.29, 1.82) is 0 Å². The highest BCUT2D eigenvalue weighted by Gasteiger charge is 2.44. The number of hydrogen-bond donors (Lipinski definition) is 2. The van der Waals surface area contributed by atoms with Crippen molar-refractivity contribution in [1.82, 2.24) is 15.0 Å². The van der Waals surface area contributed by atoms with E-state index in [1.54, 1.807) is 6.07 Å². The van der Waals surface area contributed by atoms with E-state index in [4.69, 9.17) is 0 Å². The number of rotatable bonds is 9. The monoisotopic (exact) mass is 465 g/mol. The molecule has 0 bridgehead atoms. The molecule has 1 fully saturated rings. The number of piperidine rings is 1. The van der Waals surface area contributed by atoms with Crippen LogP contribution < -0.4 is 15.0 Å². The molecular weight excluding hydrogens is 442 g/mol. The van der Waals surface area contributed by atoms with E-state index in [1.807, 2.05) is 12.3 Å². The van der Waals surface area contributed by atoms with E-state index < -0.39 is 18.3 Å². The highest BCUT2D eigenvalue weighted by Crippen LogP contribution is 2.30. The number of fused-ring (bicyclic) bond motifs is 1. The number of benzene rings is 1. The maximum atomic E-state index is 13.1. The number of nitrogens with zero attached hydrogens (tertiary/aromatic N) is 3. The van der Waals surface area contributed by atoms with E-state index in [0.29, 0.717) is 18.7 Å². The van der Waals surface area contributed by atoms with Crippen molar-refractivity contribution < 1.29 is 27.1 Å². The number of carbonyl (C=O) groups is 1. The smallest absolute Gasteiger partial charge is 0.428 e. The topological polar surface area (TPSA) is 83.1 Å². The number of carbonyl (C=O) groups excluding carboxylic acids is 1. The lowest BCUT2D eigenvalue weighted by Gasteiger charge is -2.33. The highest BCUT2D eigenvalue weighted by molar-refractivity contribution is 5.87. The number of ether oxygens (including phenoxy) is 1. The second kappa shape index (κ2) is 9.63. The fourth-order valence-electron chi connectivity index (χ4n) is 4.00. The molecule has 2 aromatic heterocycles. The summed E-state index contributed by atoms with van der Waals surface area (Å²) in [6.07, 6.45) is -3.01. The van der Waals surface area contributed by atoms with E-state index in [9.17, 15) is 22.4 Å². The zero-order chi connectivity index (χ0) is 23.4. The molecule has 33 heavy (non-hydrogen) atoms. The standard InChI is InChI=1S/C22H23F4N5O2/c23-21(24)22(25,26)33-17-5-1-4-15(10-17)28-11-16(32)9-14-3-2-8-31(12-14)20-18-6-7-27-19(18)29-13-30-20/h1,4-7,10,13-14,21,28H,2-3,8-9,11-12H2,(H,27,29,30)/t14-/m0/s1. The van der Waals surface area contributed by atoms with Crippen LogP contribution in [0.15, 0.2) is 42.9 Å². The lowest BCUT2D eigenvalue weighted by atomic mass is 9.92. The first kappa shape index (κ1) is 22.8. The SMILES string of the molecule is O=C(CNc1cccc(OC(F)(F)C(F)F)c1)C[C@@H]1CCCN(c2ncnc3[nH]ccc23)C1. The van der Waals surface area contributed by atoms with Gasteiger partial charge in [-0.25, -0.2) is 9.97 Å². The van der Waals surface area contributed by atoms with Gasteiger partial charge in [0.25, 0.3) is 0 Å². The zero-order valence-corrected chi connectivity index (χ0v) is 17.6. The van der Waals surface area contributed by atoms with E-state index in [0.717, 1.165) is 48.4 Å². The average molecular weight is 465 g/mol. The van der Waals surface area contributed by atoms with Crippen LogP contribution in [-0.4, -0.2) is 52.9 Å². The van der Waals surface area contributed by atoms with Gasteiger partial charge in [0.15, 0.2) is 5.78 Å². The zero-order valence-electron chi connectivity index (χ0n) is 17.6. The Kier molecular flexibility index (Phi) is 6.66. The molecule has 1 aliphatic rings. The molecule has 7 nitrogen and oxygen atoms in total. The van der Waals surface area contributed by atoms with Gasteiger partial charge in [0, 0.05) is 37.5 Å². The van der Waals surface area contributed by atoms with Gasteiger partial charge in [-0.3, -0.25) is 4.79 Å². The van der Waals surface area contributed by atoms with Crippen molar-refractivity contribution in [2.45, 2.75) is 31.8 Å². The number of halogens is 4. The Balaban J connectivity index is 1.31. The van der Waals surface area contributed by atoms with Gasteiger partial charge in [0.05, 0.1) is 11.9 Å². The molecule has 11 heteroatoms. The van der Waals surface area contributed by atoms with Crippen molar-refractivity contribution in [3.63, 3.8) is 0 Å². The third kappa shape index (κ3) is 5.52. The quantitative estimate of drug-likeness (QED) is 0.454. The number of ketones is 1. The van der Waals surface area contributed by atoms with Gasteiger partial charge in [-0.2, -0.15) is 17.6 Å². The Hall–Kier alpha value is -3.37. The summed E-state index contributed by atoms with van der Waals surface area (Å²) in [6.45, 7) is 1.52. The number of hydrogen-bond acceptors (Lipinski definition) is 6. The van der Waals surface area contributed by atoms with Gasteiger partial charge in [0.1, 0.15) is 23.5 Å². The Morgan fingerprint density at radius 2 is 2.15 bits per heavy atom. The average Bonchev–Trinajstić information content (AvgIpc) is 3.27. The van der Waals surface area contributed by atoms with Crippen LogP contribution in [-0.2, 0) is 4.79 Å². The number of aromatic nitrogens is 3. The summed E-state index contributed by atoms with van der Waals surface area (Å²) in [4.78, 5) is 26.4. The molecule has 3 heterocycles. The first-order valence-corrected chi connectivity index (χ1v) is 10.6. The second-order valence-corrected chi connectivity index (χ2v) is 7.98. The molecule has 0 spiro atoms. The number of anilines is 2. The minimum absolute atomic E-state index is 0.0131. The lowest BCUT2D eigenvalue weighted by Crippen LogP contribution is -2.37. The summed E-state index contributed by atoms with van der Waals surface area (Å²) in [5.41, 5.74) is 1.09.